The molecule has 1 aliphatic rings. The number of ketones is 1. The Labute approximate surface area is 188 Å². The monoisotopic (exact) mass is 438 g/mol. The molecule has 7 nitrogen and oxygen atoms in total. The number of likely N-dealkylation sites (tertiary alicyclic amines) is 1. The number of aryl methyl sites for hydroxylation is 2. The minimum Gasteiger partial charge on any atom is -0.507 e. The number of ether oxygens (including phenoxy) is 2. The van der Waals surface area contributed by atoms with E-state index in [0.29, 0.717) is 35.7 Å². The first-order chi connectivity index (χ1) is 15.2. The maximum Gasteiger partial charge on any atom is 0.295 e. The van der Waals surface area contributed by atoms with E-state index in [4.69, 9.17) is 9.47 Å². The summed E-state index contributed by atoms with van der Waals surface area (Å²) < 4.78 is 11.1. The van der Waals surface area contributed by atoms with Crippen LogP contribution in [0.3, 0.4) is 0 Å². The zero-order valence-electron chi connectivity index (χ0n) is 19.4. The number of hydrogen-bond donors (Lipinski definition) is 1. The maximum atomic E-state index is 13.2. The van der Waals surface area contributed by atoms with Gasteiger partial charge in [-0.2, -0.15) is 0 Å². The Morgan fingerprint density at radius 1 is 1.09 bits per heavy atom. The molecular weight excluding hydrogens is 408 g/mol. The van der Waals surface area contributed by atoms with E-state index in [1.165, 1.54) is 19.1 Å². The van der Waals surface area contributed by atoms with Crippen LogP contribution in [0.25, 0.3) is 5.76 Å². The Bertz CT molecular complexity index is 1070. The largest absolute Gasteiger partial charge is 0.507 e. The fourth-order valence-corrected chi connectivity index (χ4v) is 4.01. The molecule has 0 saturated carbocycles. The van der Waals surface area contributed by atoms with E-state index in [9.17, 15) is 14.7 Å². The first-order valence-electron chi connectivity index (χ1n) is 10.4. The summed E-state index contributed by atoms with van der Waals surface area (Å²) in [5, 5.41) is 11.3. The average Bonchev–Trinajstić information content (AvgIpc) is 3.02. The topological polar surface area (TPSA) is 79.3 Å². The second kappa shape index (κ2) is 9.44. The van der Waals surface area contributed by atoms with Crippen LogP contribution in [0.5, 0.6) is 11.5 Å². The first kappa shape index (κ1) is 23.3. The molecule has 1 amide bonds. The van der Waals surface area contributed by atoms with Crippen molar-refractivity contribution in [3.63, 3.8) is 0 Å². The lowest BCUT2D eigenvalue weighted by Crippen LogP contribution is -2.35. The Morgan fingerprint density at radius 3 is 2.44 bits per heavy atom. The zero-order valence-corrected chi connectivity index (χ0v) is 19.4. The van der Waals surface area contributed by atoms with Crippen molar-refractivity contribution >= 4 is 17.4 Å². The first-order valence-corrected chi connectivity index (χ1v) is 10.4. The van der Waals surface area contributed by atoms with E-state index in [-0.39, 0.29) is 11.3 Å². The number of hydrogen-bond acceptors (Lipinski definition) is 6. The molecule has 1 aliphatic heterocycles. The quantitative estimate of drug-likeness (QED) is 0.406. The third-order valence-electron chi connectivity index (χ3n) is 5.70. The van der Waals surface area contributed by atoms with Gasteiger partial charge in [0.1, 0.15) is 5.76 Å². The van der Waals surface area contributed by atoms with Crippen molar-refractivity contribution in [2.75, 3.05) is 41.4 Å². The van der Waals surface area contributed by atoms with Crippen LogP contribution in [0, 0.1) is 13.8 Å². The number of aliphatic hydroxyl groups is 1. The standard InChI is InChI=1S/C25H30N2O5/c1-15-10-11-16(2)18(14-15)22(28)20-21(17-8-7-9-19(31-5)24(17)32-6)27(13-12-26(3)4)25(30)23(20)29/h7-11,14,21,28H,12-13H2,1-6H3/b22-20+. The molecule has 1 fully saturated rings. The van der Waals surface area contributed by atoms with Crippen molar-refractivity contribution in [2.45, 2.75) is 19.9 Å². The van der Waals surface area contributed by atoms with Gasteiger partial charge < -0.3 is 24.4 Å². The number of carbonyl (C=O) groups excluding carboxylic acids is 2. The van der Waals surface area contributed by atoms with Crippen LogP contribution in [0.4, 0.5) is 0 Å². The van der Waals surface area contributed by atoms with Crippen molar-refractivity contribution in [3.05, 3.63) is 64.2 Å². The highest BCUT2D eigenvalue weighted by Crippen LogP contribution is 2.45. The lowest BCUT2D eigenvalue weighted by molar-refractivity contribution is -0.140. The van der Waals surface area contributed by atoms with Crippen molar-refractivity contribution < 1.29 is 24.2 Å². The number of para-hydroxylation sites is 1. The normalized spacial score (nSPS) is 17.8. The molecule has 0 spiro atoms. The molecule has 32 heavy (non-hydrogen) atoms. The molecule has 1 unspecified atom stereocenters. The van der Waals surface area contributed by atoms with Gasteiger partial charge in [-0.1, -0.05) is 29.8 Å². The van der Waals surface area contributed by atoms with Crippen LogP contribution in [0.1, 0.15) is 28.3 Å². The smallest absolute Gasteiger partial charge is 0.295 e. The number of Topliss-reactive ketones (excluding diaryl/α,β-unsaturated/α-hetero) is 1. The van der Waals surface area contributed by atoms with Gasteiger partial charge in [0.05, 0.1) is 25.8 Å². The number of nitrogens with zero attached hydrogens (tertiary/aromatic N) is 2. The second-order valence-corrected chi connectivity index (χ2v) is 8.20. The summed E-state index contributed by atoms with van der Waals surface area (Å²) >= 11 is 0. The highest BCUT2D eigenvalue weighted by atomic mass is 16.5. The molecule has 170 valence electrons. The summed E-state index contributed by atoms with van der Waals surface area (Å²) in [5.41, 5.74) is 2.91. The Balaban J connectivity index is 2.29. The van der Waals surface area contributed by atoms with Crippen LogP contribution in [-0.2, 0) is 9.59 Å². The SMILES string of the molecule is COc1cccc(C2/C(=C(\O)c3cc(C)ccc3C)C(=O)C(=O)N2CCN(C)C)c1OC. The summed E-state index contributed by atoms with van der Waals surface area (Å²) in [6, 6.07) is 10.1. The van der Waals surface area contributed by atoms with Gasteiger partial charge in [0.15, 0.2) is 11.5 Å². The van der Waals surface area contributed by atoms with E-state index in [2.05, 4.69) is 0 Å². The van der Waals surface area contributed by atoms with Crippen molar-refractivity contribution in [1.29, 1.82) is 0 Å². The van der Waals surface area contributed by atoms with Gasteiger partial charge in [-0.25, -0.2) is 0 Å². The maximum absolute atomic E-state index is 13.2. The Morgan fingerprint density at radius 2 is 1.81 bits per heavy atom. The molecule has 2 aromatic rings. The summed E-state index contributed by atoms with van der Waals surface area (Å²) in [7, 11) is 6.83. The third kappa shape index (κ3) is 4.21. The van der Waals surface area contributed by atoms with Gasteiger partial charge in [0.2, 0.25) is 0 Å². The number of amides is 1. The van der Waals surface area contributed by atoms with Gasteiger partial charge in [-0.3, -0.25) is 9.59 Å². The number of benzene rings is 2. The van der Waals surface area contributed by atoms with E-state index in [1.807, 2.05) is 51.0 Å². The summed E-state index contributed by atoms with van der Waals surface area (Å²) in [6.07, 6.45) is 0. The van der Waals surface area contributed by atoms with E-state index in [0.717, 1.165) is 11.1 Å². The van der Waals surface area contributed by atoms with E-state index < -0.39 is 17.7 Å². The minimum absolute atomic E-state index is 0.0500. The van der Waals surface area contributed by atoms with Crippen LogP contribution in [0.15, 0.2) is 42.0 Å². The predicted molar refractivity (Wildman–Crippen MR) is 123 cm³/mol. The van der Waals surface area contributed by atoms with Crippen molar-refractivity contribution in [3.8, 4) is 11.5 Å². The number of aliphatic hydroxyl groups excluding tert-OH is 1. The molecule has 3 rings (SSSR count). The van der Waals surface area contributed by atoms with E-state index >= 15 is 0 Å². The molecule has 1 heterocycles. The summed E-state index contributed by atoms with van der Waals surface area (Å²) in [4.78, 5) is 29.7. The van der Waals surface area contributed by atoms with Crippen LogP contribution >= 0.6 is 0 Å². The summed E-state index contributed by atoms with van der Waals surface area (Å²) in [6.45, 7) is 4.64. The van der Waals surface area contributed by atoms with Crippen molar-refractivity contribution in [2.24, 2.45) is 0 Å². The molecule has 0 radical (unpaired) electrons. The number of carbonyl (C=O) groups is 2. The number of rotatable bonds is 7. The highest BCUT2D eigenvalue weighted by molar-refractivity contribution is 6.46. The lowest BCUT2D eigenvalue weighted by Gasteiger charge is -2.28. The highest BCUT2D eigenvalue weighted by Gasteiger charge is 2.47. The Hall–Kier alpha value is -3.32. The van der Waals surface area contributed by atoms with Crippen LogP contribution < -0.4 is 9.47 Å². The van der Waals surface area contributed by atoms with Gasteiger partial charge >= 0.3 is 0 Å². The van der Waals surface area contributed by atoms with Gasteiger partial charge in [-0.05, 0) is 45.6 Å². The third-order valence-corrected chi connectivity index (χ3v) is 5.70. The van der Waals surface area contributed by atoms with Crippen LogP contribution in [0.2, 0.25) is 0 Å². The molecule has 1 N–H and O–H groups in total. The van der Waals surface area contributed by atoms with Crippen LogP contribution in [-0.4, -0.2) is 68.0 Å². The number of methoxy groups -OCH3 is 2. The Kier molecular flexibility index (Phi) is 6.89. The van der Waals surface area contributed by atoms with Gasteiger partial charge in [0, 0.05) is 24.2 Å². The number of likely N-dealkylation sites (N-methyl/N-ethyl adjacent to an activating group) is 1. The molecule has 1 atom stereocenters. The zero-order chi connectivity index (χ0) is 23.6. The average molecular weight is 439 g/mol. The molecular formula is C25H30N2O5. The molecule has 0 bridgehead atoms. The molecule has 7 heteroatoms. The molecule has 2 aromatic carbocycles. The van der Waals surface area contributed by atoms with Gasteiger partial charge in [0.25, 0.3) is 11.7 Å². The van der Waals surface area contributed by atoms with Gasteiger partial charge in [-0.15, -0.1) is 0 Å². The molecule has 1 saturated heterocycles. The summed E-state index contributed by atoms with van der Waals surface area (Å²) in [5.74, 6) is -0.643. The van der Waals surface area contributed by atoms with E-state index in [1.54, 1.807) is 18.2 Å². The minimum atomic E-state index is -0.806. The van der Waals surface area contributed by atoms with Crippen molar-refractivity contribution in [1.82, 2.24) is 9.80 Å². The predicted octanol–water partition coefficient (Wildman–Crippen LogP) is 3.30. The lowest BCUT2D eigenvalue weighted by atomic mass is 9.92. The fourth-order valence-electron chi connectivity index (χ4n) is 4.01. The second-order valence-electron chi connectivity index (χ2n) is 8.20. The fraction of sp³-hybridized carbons (Fsp3) is 0.360. The molecule has 0 aliphatic carbocycles. The molecule has 0 aromatic heterocycles.